The highest BCUT2D eigenvalue weighted by atomic mass is 16.4. The maximum Gasteiger partial charge on any atom is 0.307 e. The lowest BCUT2D eigenvalue weighted by molar-refractivity contribution is -0.135. The molecule has 0 rings (SSSR count). The standard InChI is InChI=1S/C4H6O2.CH4/c1-2-3-4(5)6;/h2H,1,3H2,(H,5,6);1H4. The fourth-order valence-electron chi connectivity index (χ4n) is 0.123. The molecule has 0 aliphatic carbocycles. The van der Waals surface area contributed by atoms with E-state index < -0.39 is 5.97 Å². The van der Waals surface area contributed by atoms with E-state index in [1.807, 2.05) is 0 Å². The first-order valence-corrected chi connectivity index (χ1v) is 1.60. The van der Waals surface area contributed by atoms with Gasteiger partial charge in [-0.15, -0.1) is 6.58 Å². The molecule has 0 bridgehead atoms. The maximum absolute atomic E-state index is 9.53. The van der Waals surface area contributed by atoms with Crippen LogP contribution in [0.5, 0.6) is 0 Å². The van der Waals surface area contributed by atoms with Gasteiger partial charge in [-0.3, -0.25) is 4.79 Å². The highest BCUT2D eigenvalue weighted by Crippen LogP contribution is 1.74. The number of hydrogen-bond acceptors (Lipinski definition) is 1. The minimum Gasteiger partial charge on any atom is -0.481 e. The van der Waals surface area contributed by atoms with Crippen LogP contribution >= 0.6 is 0 Å². The van der Waals surface area contributed by atoms with Crippen LogP contribution in [-0.4, -0.2) is 11.1 Å². The van der Waals surface area contributed by atoms with Gasteiger partial charge in [0, 0.05) is 0 Å². The predicted octanol–water partition coefficient (Wildman–Crippen LogP) is 1.28. The molecular formula is C5H10O2. The Morgan fingerprint density at radius 2 is 2.29 bits per heavy atom. The van der Waals surface area contributed by atoms with E-state index in [9.17, 15) is 4.79 Å². The smallest absolute Gasteiger partial charge is 0.307 e. The third-order valence-electron chi connectivity index (χ3n) is 0.319. The highest BCUT2D eigenvalue weighted by Gasteiger charge is 1.84. The van der Waals surface area contributed by atoms with Crippen LogP contribution in [0.1, 0.15) is 13.8 Å². The first-order chi connectivity index (χ1) is 2.77. The van der Waals surface area contributed by atoms with Crippen molar-refractivity contribution in [3.05, 3.63) is 12.7 Å². The summed E-state index contributed by atoms with van der Waals surface area (Å²) in [6.45, 7) is 3.22. The molecule has 0 radical (unpaired) electrons. The third kappa shape index (κ3) is 11.0. The lowest BCUT2D eigenvalue weighted by Crippen LogP contribution is -1.88. The summed E-state index contributed by atoms with van der Waals surface area (Å²) in [5.74, 6) is -0.829. The summed E-state index contributed by atoms with van der Waals surface area (Å²) >= 11 is 0. The summed E-state index contributed by atoms with van der Waals surface area (Å²) in [5, 5.41) is 7.84. The van der Waals surface area contributed by atoms with Crippen LogP contribution in [0, 0.1) is 0 Å². The Labute approximate surface area is 43.5 Å². The van der Waals surface area contributed by atoms with Crippen molar-refractivity contribution in [2.75, 3.05) is 0 Å². The van der Waals surface area contributed by atoms with Crippen molar-refractivity contribution in [3.8, 4) is 0 Å². The molecule has 0 saturated heterocycles. The van der Waals surface area contributed by atoms with Crippen LogP contribution < -0.4 is 0 Å². The van der Waals surface area contributed by atoms with Crippen molar-refractivity contribution in [3.63, 3.8) is 0 Å². The van der Waals surface area contributed by atoms with Gasteiger partial charge in [0.1, 0.15) is 0 Å². The van der Waals surface area contributed by atoms with Gasteiger partial charge in [-0.05, 0) is 0 Å². The second-order valence-electron chi connectivity index (χ2n) is 0.887. The largest absolute Gasteiger partial charge is 0.481 e. The van der Waals surface area contributed by atoms with Crippen LogP contribution in [0.15, 0.2) is 12.7 Å². The second-order valence-corrected chi connectivity index (χ2v) is 0.887. The van der Waals surface area contributed by atoms with Gasteiger partial charge in [0.2, 0.25) is 0 Å². The molecule has 0 aliphatic rings. The molecule has 0 fully saturated rings. The fraction of sp³-hybridized carbons (Fsp3) is 0.400. The summed E-state index contributed by atoms with van der Waals surface area (Å²) < 4.78 is 0. The maximum atomic E-state index is 9.53. The zero-order chi connectivity index (χ0) is 4.99. The van der Waals surface area contributed by atoms with Gasteiger partial charge in [0.25, 0.3) is 0 Å². The Morgan fingerprint density at radius 1 is 1.86 bits per heavy atom. The van der Waals surface area contributed by atoms with Crippen LogP contribution in [0.2, 0.25) is 0 Å². The van der Waals surface area contributed by atoms with Gasteiger partial charge in [0.15, 0.2) is 0 Å². The average Bonchev–Trinajstić information content (AvgIpc) is 1.35. The van der Waals surface area contributed by atoms with Gasteiger partial charge in [-0.25, -0.2) is 0 Å². The topological polar surface area (TPSA) is 37.3 Å². The molecule has 0 aromatic carbocycles. The van der Waals surface area contributed by atoms with Crippen LogP contribution in [0.4, 0.5) is 0 Å². The Bertz CT molecular complexity index is 66.5. The molecule has 2 heteroatoms. The first-order valence-electron chi connectivity index (χ1n) is 1.60. The molecule has 0 aromatic heterocycles. The zero-order valence-corrected chi connectivity index (χ0v) is 3.35. The molecule has 0 amide bonds. The van der Waals surface area contributed by atoms with E-state index in [-0.39, 0.29) is 13.8 Å². The Hall–Kier alpha value is -0.790. The van der Waals surface area contributed by atoms with Crippen molar-refractivity contribution in [1.82, 2.24) is 0 Å². The minimum atomic E-state index is -0.829. The molecule has 2 nitrogen and oxygen atoms in total. The molecule has 42 valence electrons. The number of aliphatic carboxylic acids is 1. The zero-order valence-electron chi connectivity index (χ0n) is 3.35. The van der Waals surface area contributed by atoms with Gasteiger partial charge >= 0.3 is 5.97 Å². The molecule has 7 heavy (non-hydrogen) atoms. The number of hydrogen-bond donors (Lipinski definition) is 1. The normalized spacial score (nSPS) is 6.29. The van der Waals surface area contributed by atoms with E-state index in [0.717, 1.165) is 0 Å². The van der Waals surface area contributed by atoms with Crippen molar-refractivity contribution in [1.29, 1.82) is 0 Å². The van der Waals surface area contributed by atoms with E-state index in [0.29, 0.717) is 0 Å². The quantitative estimate of drug-likeness (QED) is 0.533. The molecule has 0 aromatic rings. The Kier molecular flexibility index (Phi) is 7.08. The van der Waals surface area contributed by atoms with E-state index in [4.69, 9.17) is 5.11 Å². The second kappa shape index (κ2) is 5.21. The molecule has 0 saturated carbocycles. The van der Waals surface area contributed by atoms with E-state index in [2.05, 4.69) is 6.58 Å². The molecule has 0 atom stereocenters. The van der Waals surface area contributed by atoms with E-state index in [1.54, 1.807) is 0 Å². The van der Waals surface area contributed by atoms with Crippen LogP contribution in [-0.2, 0) is 4.79 Å². The lowest BCUT2D eigenvalue weighted by Gasteiger charge is -1.75. The number of carbonyl (C=O) groups is 1. The average molecular weight is 102 g/mol. The molecule has 1 N–H and O–H groups in total. The summed E-state index contributed by atoms with van der Waals surface area (Å²) in [6.07, 6.45) is 1.41. The van der Waals surface area contributed by atoms with Crippen molar-refractivity contribution in [2.45, 2.75) is 13.8 Å². The summed E-state index contributed by atoms with van der Waals surface area (Å²) in [4.78, 5) is 9.53. The van der Waals surface area contributed by atoms with Gasteiger partial charge < -0.3 is 5.11 Å². The number of carboxylic acids is 1. The van der Waals surface area contributed by atoms with E-state index in [1.165, 1.54) is 6.08 Å². The molecule has 0 aliphatic heterocycles. The summed E-state index contributed by atoms with van der Waals surface area (Å²) in [5.41, 5.74) is 0. The Balaban J connectivity index is 0. The number of carboxylic acid groups (broad SMARTS) is 1. The summed E-state index contributed by atoms with van der Waals surface area (Å²) in [6, 6.07) is 0. The third-order valence-corrected chi connectivity index (χ3v) is 0.319. The summed E-state index contributed by atoms with van der Waals surface area (Å²) in [7, 11) is 0. The molecular weight excluding hydrogens is 92.1 g/mol. The Morgan fingerprint density at radius 3 is 2.29 bits per heavy atom. The van der Waals surface area contributed by atoms with Crippen LogP contribution in [0.25, 0.3) is 0 Å². The SMILES string of the molecule is C.C=CCC(=O)O. The van der Waals surface area contributed by atoms with Crippen molar-refractivity contribution in [2.24, 2.45) is 0 Å². The molecule has 0 unspecified atom stereocenters. The molecule has 0 heterocycles. The van der Waals surface area contributed by atoms with E-state index >= 15 is 0 Å². The fourth-order valence-corrected chi connectivity index (χ4v) is 0.123. The minimum absolute atomic E-state index is 0. The number of rotatable bonds is 2. The predicted molar refractivity (Wildman–Crippen MR) is 29.2 cm³/mol. The first kappa shape index (κ1) is 9.51. The van der Waals surface area contributed by atoms with Crippen molar-refractivity contribution < 1.29 is 9.90 Å². The lowest BCUT2D eigenvalue weighted by atomic mass is 10.4. The van der Waals surface area contributed by atoms with Crippen molar-refractivity contribution >= 4 is 5.97 Å². The highest BCUT2D eigenvalue weighted by molar-refractivity contribution is 5.68. The molecule has 0 spiro atoms. The van der Waals surface area contributed by atoms with Gasteiger partial charge in [-0.1, -0.05) is 13.5 Å². The van der Waals surface area contributed by atoms with Crippen LogP contribution in [0.3, 0.4) is 0 Å². The monoisotopic (exact) mass is 102 g/mol. The van der Waals surface area contributed by atoms with Gasteiger partial charge in [-0.2, -0.15) is 0 Å². The van der Waals surface area contributed by atoms with Gasteiger partial charge in [0.05, 0.1) is 6.42 Å².